The molecule has 4 heteroatoms. The first-order valence-corrected chi connectivity index (χ1v) is 2.45. The first-order valence-electron chi connectivity index (χ1n) is 0.471. The van der Waals surface area contributed by atoms with Crippen LogP contribution in [0.3, 0.4) is 0 Å². The van der Waals surface area contributed by atoms with Crippen LogP contribution in [0.15, 0.2) is 0 Å². The second-order valence-electron chi connectivity index (χ2n) is 0.0962. The van der Waals surface area contributed by atoms with E-state index in [0.717, 1.165) is 0 Å². The monoisotopic (exact) mass is 108 g/mol. The minimum absolute atomic E-state index is 0. The Morgan fingerprint density at radius 2 is 1.75 bits per heavy atom. The Morgan fingerprint density at radius 1 is 1.75 bits per heavy atom. The van der Waals surface area contributed by atoms with Crippen LogP contribution in [-0.2, 0) is 3.54 Å². The van der Waals surface area contributed by atoms with Gasteiger partial charge in [0.05, 0.1) is 0 Å². The normalized spacial score (nSPS) is 2.00. The predicted molar refractivity (Wildman–Crippen MR) is 6.44 cm³/mol. The number of rotatable bonds is 0. The van der Waals surface area contributed by atoms with Gasteiger partial charge < -0.3 is 0 Å². The molecule has 0 N–H and O–H groups in total. The fourth-order valence-electron chi connectivity index (χ4n) is 0. The molecule has 0 aliphatic rings. The average molecular weight is 109 g/mol. The molecule has 0 fully saturated rings. The van der Waals surface area contributed by atoms with Crippen LogP contribution in [0.1, 0.15) is 0 Å². The number of hydrogen-bond acceptors (Lipinski definition) is 2. The minimum atomic E-state index is -2.19. The summed E-state index contributed by atoms with van der Waals surface area (Å²) in [5, 5.41) is 0. The molecule has 0 spiro atoms. The quantitative estimate of drug-likeness (QED) is 0.293. The zero-order valence-electron chi connectivity index (χ0n) is 2.39. The van der Waals surface area contributed by atoms with Gasteiger partial charge in [-0.25, -0.2) is 0 Å². The van der Waals surface area contributed by atoms with Gasteiger partial charge in [0.25, 0.3) is 0 Å². The van der Waals surface area contributed by atoms with E-state index in [-0.39, 0.29) is 18.9 Å². The fraction of sp³-hybridized carbons (Fsp3) is 0. The molecule has 0 aliphatic carbocycles. The summed E-state index contributed by atoms with van der Waals surface area (Å²) < 4.78 is 17.1. The third-order valence-electron chi connectivity index (χ3n) is 0. The summed E-state index contributed by atoms with van der Waals surface area (Å²) in [4.78, 5) is 0. The molecule has 0 amide bonds. The van der Waals surface area contributed by atoms with E-state index >= 15 is 0 Å². The Kier molecular flexibility index (Phi) is 20.2. The first kappa shape index (κ1) is 8.85. The fourth-order valence-corrected chi connectivity index (χ4v) is 0. The summed E-state index contributed by atoms with van der Waals surface area (Å²) in [6, 6.07) is 0. The molecule has 0 aliphatic heterocycles. The molecule has 0 atom stereocenters. The van der Waals surface area contributed by atoms with Crippen molar-refractivity contribution in [1.29, 1.82) is 0 Å². The van der Waals surface area contributed by atoms with E-state index in [1.54, 1.807) is 0 Å². The van der Waals surface area contributed by atoms with E-state index < -0.39 is 17.7 Å². The second-order valence-corrected chi connectivity index (χ2v) is 0.500. The molecule has 0 radical (unpaired) electrons. The van der Waals surface area contributed by atoms with E-state index in [9.17, 15) is 0 Å². The van der Waals surface area contributed by atoms with Crippen molar-refractivity contribution in [2.45, 2.75) is 0 Å². The van der Waals surface area contributed by atoms with Gasteiger partial charge >= 0.3 is 44.0 Å². The summed E-state index contributed by atoms with van der Waals surface area (Å²) in [5.74, 6) is 0. The van der Waals surface area contributed by atoms with Gasteiger partial charge in [0.1, 0.15) is 0 Å². The first-order chi connectivity index (χ1) is 1.41. The molecule has 4 heavy (non-hydrogen) atoms. The Labute approximate surface area is 44.2 Å². The van der Waals surface area contributed by atoms with Crippen molar-refractivity contribution < 1.29 is 26.3 Å². The predicted octanol–water partition coefficient (Wildman–Crippen LogP) is -4.68. The van der Waals surface area contributed by atoms with Crippen LogP contribution in [-0.4, -0.2) is 17.7 Å². The van der Waals surface area contributed by atoms with E-state index in [4.69, 9.17) is 7.44 Å². The molecule has 0 saturated carbocycles. The molecule has 0 aromatic rings. The Balaban J connectivity index is 0. The van der Waals surface area contributed by atoms with Crippen molar-refractivity contribution in [1.82, 2.24) is 0 Å². The third kappa shape index (κ3) is 13.7. The van der Waals surface area contributed by atoms with Gasteiger partial charge in [0, 0.05) is 0 Å². The standard InChI is InChI=1S/Ga.Li.2O/q;+1;;-1. The van der Waals surface area contributed by atoms with Crippen LogP contribution in [0.25, 0.3) is 0 Å². The molecular weight excluding hydrogens is 109 g/mol. The Hall–Kier alpha value is 0.834. The Bertz CT molecular complexity index is 13.5. The molecule has 0 unspecified atom stereocenters. The van der Waals surface area contributed by atoms with Crippen molar-refractivity contribution in [3.63, 3.8) is 0 Å². The summed E-state index contributed by atoms with van der Waals surface area (Å²) in [7, 11) is 0. The Morgan fingerprint density at radius 3 is 1.75 bits per heavy atom. The van der Waals surface area contributed by atoms with Crippen LogP contribution in [0.2, 0.25) is 0 Å². The van der Waals surface area contributed by atoms with Crippen molar-refractivity contribution in [2.24, 2.45) is 0 Å². The maximum atomic E-state index is 8.53. The van der Waals surface area contributed by atoms with Crippen molar-refractivity contribution in [3.05, 3.63) is 0 Å². The molecular formula is GaLiO2. The zero-order chi connectivity index (χ0) is 2.71. The zero-order valence-corrected chi connectivity index (χ0v) is 4.82. The van der Waals surface area contributed by atoms with Crippen LogP contribution in [0, 0.1) is 0 Å². The van der Waals surface area contributed by atoms with Gasteiger partial charge in [0.2, 0.25) is 0 Å². The second kappa shape index (κ2) is 9.16. The SMILES string of the molecule is [Li+].[O]=[Ga][O-]. The van der Waals surface area contributed by atoms with E-state index in [1.165, 1.54) is 0 Å². The summed E-state index contributed by atoms with van der Waals surface area (Å²) in [5.41, 5.74) is 0. The van der Waals surface area contributed by atoms with Gasteiger partial charge in [-0.15, -0.1) is 0 Å². The third-order valence-corrected chi connectivity index (χ3v) is 0. The van der Waals surface area contributed by atoms with Gasteiger partial charge in [-0.05, 0) is 0 Å². The van der Waals surface area contributed by atoms with Gasteiger partial charge in [-0.2, -0.15) is 0 Å². The van der Waals surface area contributed by atoms with Crippen molar-refractivity contribution in [2.75, 3.05) is 0 Å². The molecule has 0 saturated heterocycles. The van der Waals surface area contributed by atoms with Crippen LogP contribution in [0.4, 0.5) is 0 Å². The van der Waals surface area contributed by atoms with Crippen LogP contribution in [0.5, 0.6) is 0 Å². The molecule has 0 aromatic heterocycles. The van der Waals surface area contributed by atoms with Crippen molar-refractivity contribution >= 4 is 17.7 Å². The van der Waals surface area contributed by atoms with Gasteiger partial charge in [-0.3, -0.25) is 0 Å². The van der Waals surface area contributed by atoms with E-state index in [0.29, 0.717) is 0 Å². The molecule has 16 valence electrons. The van der Waals surface area contributed by atoms with Crippen LogP contribution < -0.4 is 22.8 Å². The topological polar surface area (TPSA) is 40.1 Å². The van der Waals surface area contributed by atoms with E-state index in [2.05, 4.69) is 0 Å². The van der Waals surface area contributed by atoms with E-state index in [1.807, 2.05) is 0 Å². The average Bonchev–Trinajstić information content (AvgIpc) is 0.918. The molecule has 0 aromatic carbocycles. The molecule has 0 heterocycles. The summed E-state index contributed by atoms with van der Waals surface area (Å²) >= 11 is -2.19. The van der Waals surface area contributed by atoms with Gasteiger partial charge in [-0.1, -0.05) is 0 Å². The maximum absolute atomic E-state index is 8.53. The van der Waals surface area contributed by atoms with Crippen molar-refractivity contribution in [3.8, 4) is 0 Å². The summed E-state index contributed by atoms with van der Waals surface area (Å²) in [6.07, 6.45) is 0. The number of hydrogen-bond donors (Lipinski definition) is 0. The van der Waals surface area contributed by atoms with Crippen LogP contribution >= 0.6 is 0 Å². The summed E-state index contributed by atoms with van der Waals surface area (Å²) in [6.45, 7) is 0. The molecule has 0 bridgehead atoms. The molecule has 0 rings (SSSR count). The molecule has 2 nitrogen and oxygen atoms in total. The van der Waals surface area contributed by atoms with Gasteiger partial charge in [0.15, 0.2) is 0 Å².